The van der Waals surface area contributed by atoms with Crippen LogP contribution in [0.5, 0.6) is 5.75 Å². The van der Waals surface area contributed by atoms with Gasteiger partial charge in [0.1, 0.15) is 18.0 Å². The number of ether oxygens (including phenoxy) is 1. The van der Waals surface area contributed by atoms with E-state index < -0.39 is 0 Å². The Bertz CT molecular complexity index is 780. The van der Waals surface area contributed by atoms with Gasteiger partial charge in [-0.05, 0) is 30.3 Å². The zero-order valence-electron chi connectivity index (χ0n) is 12.5. The number of carbonyl (C=O) groups excluding carboxylic acids is 1. The highest BCUT2D eigenvalue weighted by atomic mass is 16.5. The molecule has 0 unspecified atom stereocenters. The molecule has 0 radical (unpaired) electrons. The molecule has 0 spiro atoms. The van der Waals surface area contributed by atoms with Gasteiger partial charge in [0.2, 0.25) is 0 Å². The normalized spacial score (nSPS) is 10.7. The molecule has 0 atom stereocenters. The number of hydrogen-bond acceptors (Lipinski definition) is 4. The van der Waals surface area contributed by atoms with Crippen LogP contribution in [-0.4, -0.2) is 33.6 Å². The summed E-state index contributed by atoms with van der Waals surface area (Å²) in [5.41, 5.74) is 2.17. The van der Waals surface area contributed by atoms with Crippen molar-refractivity contribution in [3.8, 4) is 5.75 Å². The number of aromatic nitrogens is 2. The number of hydrogen-bond donors (Lipinski definition) is 2. The topological polar surface area (TPSA) is 75.9 Å². The van der Waals surface area contributed by atoms with Crippen molar-refractivity contribution >= 4 is 11.6 Å². The molecule has 6 heteroatoms. The highest BCUT2D eigenvalue weighted by molar-refractivity contribution is 5.94. The van der Waals surface area contributed by atoms with Gasteiger partial charge in [-0.1, -0.05) is 12.1 Å². The van der Waals surface area contributed by atoms with Crippen molar-refractivity contribution < 1.29 is 14.6 Å². The van der Waals surface area contributed by atoms with Crippen molar-refractivity contribution in [2.24, 2.45) is 0 Å². The van der Waals surface area contributed by atoms with Crippen LogP contribution in [0.4, 0.5) is 0 Å². The van der Waals surface area contributed by atoms with Gasteiger partial charge in [-0.2, -0.15) is 0 Å². The maximum absolute atomic E-state index is 11.9. The molecule has 3 rings (SSSR count). The minimum atomic E-state index is -0.239. The average Bonchev–Trinajstić information content (AvgIpc) is 3.01. The van der Waals surface area contributed by atoms with Crippen molar-refractivity contribution in [3.05, 3.63) is 66.1 Å². The molecular formula is C17H17N3O3. The van der Waals surface area contributed by atoms with E-state index in [2.05, 4.69) is 10.3 Å². The first kappa shape index (κ1) is 15.1. The van der Waals surface area contributed by atoms with Gasteiger partial charge in [-0.3, -0.25) is 4.79 Å². The molecular weight excluding hydrogens is 294 g/mol. The van der Waals surface area contributed by atoms with Crippen LogP contribution >= 0.6 is 0 Å². The summed E-state index contributed by atoms with van der Waals surface area (Å²) in [6.45, 7) is 0.463. The molecule has 3 aromatic rings. The fraction of sp³-hybridized carbons (Fsp3) is 0.176. The minimum Gasteiger partial charge on any atom is -0.487 e. The van der Waals surface area contributed by atoms with E-state index >= 15 is 0 Å². The average molecular weight is 311 g/mol. The molecule has 23 heavy (non-hydrogen) atoms. The first-order chi connectivity index (χ1) is 11.3. The number of rotatable bonds is 6. The molecule has 1 amide bonds. The number of aliphatic hydroxyl groups is 1. The molecule has 0 bridgehead atoms. The van der Waals surface area contributed by atoms with E-state index in [4.69, 9.17) is 9.84 Å². The molecule has 2 aromatic heterocycles. The number of fused-ring (bicyclic) bond motifs is 1. The Morgan fingerprint density at radius 2 is 2.17 bits per heavy atom. The molecule has 0 aliphatic carbocycles. The Balaban J connectivity index is 1.67. The van der Waals surface area contributed by atoms with Crippen molar-refractivity contribution in [3.63, 3.8) is 0 Å². The quantitative estimate of drug-likeness (QED) is 0.725. The van der Waals surface area contributed by atoms with E-state index in [9.17, 15) is 4.79 Å². The zero-order chi connectivity index (χ0) is 16.1. The second-order valence-corrected chi connectivity index (χ2v) is 4.99. The third-order valence-corrected chi connectivity index (χ3v) is 3.29. The number of pyridine rings is 1. The number of benzene rings is 1. The molecule has 0 saturated carbocycles. The molecule has 0 saturated heterocycles. The highest BCUT2D eigenvalue weighted by Crippen LogP contribution is 2.15. The predicted octanol–water partition coefficient (Wildman–Crippen LogP) is 1.64. The Labute approximate surface area is 133 Å². The molecule has 0 aliphatic rings. The lowest BCUT2D eigenvalue weighted by Crippen LogP contribution is -2.26. The number of nitrogens with one attached hydrogen (secondary N) is 1. The third kappa shape index (κ3) is 3.67. The number of amides is 1. The van der Waals surface area contributed by atoms with E-state index in [0.717, 1.165) is 11.3 Å². The first-order valence-electron chi connectivity index (χ1n) is 7.31. The molecule has 1 aromatic carbocycles. The molecule has 0 aliphatic heterocycles. The van der Waals surface area contributed by atoms with Crippen LogP contribution in [0.25, 0.3) is 5.65 Å². The van der Waals surface area contributed by atoms with Gasteiger partial charge in [0.05, 0.1) is 12.3 Å². The largest absolute Gasteiger partial charge is 0.487 e. The maximum atomic E-state index is 11.9. The number of imidazole rings is 1. The van der Waals surface area contributed by atoms with Crippen LogP contribution < -0.4 is 10.1 Å². The highest BCUT2D eigenvalue weighted by Gasteiger charge is 2.07. The van der Waals surface area contributed by atoms with E-state index in [-0.39, 0.29) is 19.1 Å². The zero-order valence-corrected chi connectivity index (χ0v) is 12.5. The van der Waals surface area contributed by atoms with Crippen LogP contribution in [0.2, 0.25) is 0 Å². The smallest absolute Gasteiger partial charge is 0.251 e. The Kier molecular flexibility index (Phi) is 4.54. The van der Waals surface area contributed by atoms with Gasteiger partial charge < -0.3 is 19.6 Å². The van der Waals surface area contributed by atoms with Crippen molar-refractivity contribution in [1.82, 2.24) is 14.7 Å². The summed E-state index contributed by atoms with van der Waals surface area (Å²) in [5.74, 6) is 0.357. The van der Waals surface area contributed by atoms with Crippen LogP contribution in [0.3, 0.4) is 0 Å². The van der Waals surface area contributed by atoms with Gasteiger partial charge >= 0.3 is 0 Å². The molecule has 0 fully saturated rings. The summed E-state index contributed by atoms with van der Waals surface area (Å²) in [4.78, 5) is 16.3. The third-order valence-electron chi connectivity index (χ3n) is 3.29. The fourth-order valence-corrected chi connectivity index (χ4v) is 2.21. The minimum absolute atomic E-state index is 0.0875. The number of carbonyl (C=O) groups is 1. The summed E-state index contributed by atoms with van der Waals surface area (Å²) in [6.07, 6.45) is 3.84. The molecule has 6 nitrogen and oxygen atoms in total. The second-order valence-electron chi connectivity index (χ2n) is 4.99. The van der Waals surface area contributed by atoms with Crippen LogP contribution in [0.15, 0.2) is 54.9 Å². The summed E-state index contributed by atoms with van der Waals surface area (Å²) in [6, 6.07) is 12.7. The molecule has 2 heterocycles. The lowest BCUT2D eigenvalue weighted by Gasteiger charge is -2.07. The predicted molar refractivity (Wildman–Crippen MR) is 85.4 cm³/mol. The van der Waals surface area contributed by atoms with Crippen LogP contribution in [0.1, 0.15) is 16.1 Å². The lowest BCUT2D eigenvalue weighted by atomic mass is 10.2. The summed E-state index contributed by atoms with van der Waals surface area (Å²) >= 11 is 0. The van der Waals surface area contributed by atoms with Crippen LogP contribution in [0, 0.1) is 0 Å². The van der Waals surface area contributed by atoms with E-state index in [1.807, 2.05) is 35.0 Å². The van der Waals surface area contributed by atoms with Gasteiger partial charge in [-0.25, -0.2) is 4.98 Å². The summed E-state index contributed by atoms with van der Waals surface area (Å²) in [7, 11) is 0. The Hall–Kier alpha value is -2.86. The van der Waals surface area contributed by atoms with E-state index in [1.54, 1.807) is 24.3 Å². The van der Waals surface area contributed by atoms with Gasteiger partial charge in [0, 0.05) is 24.5 Å². The van der Waals surface area contributed by atoms with Crippen molar-refractivity contribution in [1.29, 1.82) is 0 Å². The SMILES string of the molecule is O=C(NCCO)c1cccc(OCc2cn3ccccc3n2)c1. The van der Waals surface area contributed by atoms with Gasteiger partial charge in [-0.15, -0.1) is 0 Å². The summed E-state index contributed by atoms with van der Waals surface area (Å²) in [5, 5.41) is 11.3. The fourth-order valence-electron chi connectivity index (χ4n) is 2.21. The number of nitrogens with zero attached hydrogens (tertiary/aromatic N) is 2. The maximum Gasteiger partial charge on any atom is 0.251 e. The standard InChI is InChI=1S/C17H17N3O3/c21-9-7-18-17(22)13-4-3-5-15(10-13)23-12-14-11-20-8-2-1-6-16(20)19-14/h1-6,8,10-11,21H,7,9,12H2,(H,18,22). The van der Waals surface area contributed by atoms with Gasteiger partial charge in [0.25, 0.3) is 5.91 Å². The Morgan fingerprint density at radius 1 is 1.26 bits per heavy atom. The van der Waals surface area contributed by atoms with Crippen LogP contribution in [-0.2, 0) is 6.61 Å². The monoisotopic (exact) mass is 311 g/mol. The van der Waals surface area contributed by atoms with Crippen molar-refractivity contribution in [2.75, 3.05) is 13.2 Å². The Morgan fingerprint density at radius 3 is 3.00 bits per heavy atom. The van der Waals surface area contributed by atoms with E-state index in [0.29, 0.717) is 17.9 Å². The first-order valence-corrected chi connectivity index (χ1v) is 7.31. The second kappa shape index (κ2) is 6.93. The van der Waals surface area contributed by atoms with Gasteiger partial charge in [0.15, 0.2) is 0 Å². The molecule has 118 valence electrons. The summed E-state index contributed by atoms with van der Waals surface area (Å²) < 4.78 is 7.64. The van der Waals surface area contributed by atoms with E-state index in [1.165, 1.54) is 0 Å². The number of aliphatic hydroxyl groups excluding tert-OH is 1. The molecule has 2 N–H and O–H groups in total. The lowest BCUT2D eigenvalue weighted by molar-refractivity contribution is 0.0944. The van der Waals surface area contributed by atoms with Crippen molar-refractivity contribution in [2.45, 2.75) is 6.61 Å².